The summed E-state index contributed by atoms with van der Waals surface area (Å²) in [6.45, 7) is 1.69. The normalized spacial score (nSPS) is 22.3. The molecule has 9 nitrogen and oxygen atoms in total. The average molecular weight is 526 g/mol. The molecule has 0 unspecified atom stereocenters. The second-order valence-corrected chi connectivity index (χ2v) is 10.7. The number of sulfonamides is 1. The molecule has 3 aromatic heterocycles. The molecule has 2 aliphatic heterocycles. The lowest BCUT2D eigenvalue weighted by Crippen LogP contribution is -2.46. The number of hydrogen-bond donors (Lipinski definition) is 1. The average Bonchev–Trinajstić information content (AvgIpc) is 3.55. The maximum absolute atomic E-state index is 14.9. The minimum absolute atomic E-state index is 0.0353. The summed E-state index contributed by atoms with van der Waals surface area (Å²) < 4.78 is 104. The Hall–Kier alpha value is -3.46. The molecule has 1 saturated carbocycles. The van der Waals surface area contributed by atoms with Crippen LogP contribution in [0.2, 0.25) is 0 Å². The lowest BCUT2D eigenvalue weighted by Gasteiger charge is -2.37. The van der Waals surface area contributed by atoms with Gasteiger partial charge in [-0.15, -0.1) is 10.2 Å². The lowest BCUT2D eigenvalue weighted by atomic mass is 9.73. The van der Waals surface area contributed by atoms with Crippen molar-refractivity contribution in [3.8, 4) is 11.4 Å². The summed E-state index contributed by atoms with van der Waals surface area (Å²) in [6, 6.07) is 1.14. The van der Waals surface area contributed by atoms with E-state index in [1.54, 1.807) is 6.92 Å². The number of nitrogens with one attached hydrogen (secondary N) is 1. The van der Waals surface area contributed by atoms with Crippen molar-refractivity contribution < 1.29 is 34.8 Å². The number of rotatable bonds is 4. The van der Waals surface area contributed by atoms with E-state index in [0.717, 1.165) is 6.07 Å². The molecule has 2 saturated heterocycles. The van der Waals surface area contributed by atoms with E-state index in [1.165, 1.54) is 4.31 Å². The third-order valence-corrected chi connectivity index (χ3v) is 8.49. The second-order valence-electron chi connectivity index (χ2n) is 8.89. The van der Waals surface area contributed by atoms with Gasteiger partial charge in [0.2, 0.25) is 11.8 Å². The maximum Gasteiger partial charge on any atom is 0.417 e. The highest BCUT2D eigenvalue weighted by atomic mass is 32.2. The SMILES string of the molecule is Cc1nnc(C23CC(CN2S(=O)(=O)c2cc4c(-c5ncc(F)cn5)c(C(F)(F)F)cc(F)c4[nH]2)C3)o1. The molecule has 2 bridgehead atoms. The quantitative estimate of drug-likeness (QED) is 0.401. The molecular formula is C21H15F5N6O3S. The zero-order valence-corrected chi connectivity index (χ0v) is 19.1. The van der Waals surface area contributed by atoms with Gasteiger partial charge in [-0.2, -0.15) is 17.5 Å². The molecule has 3 aliphatic rings. The van der Waals surface area contributed by atoms with Crippen molar-refractivity contribution in [3.05, 3.63) is 53.5 Å². The van der Waals surface area contributed by atoms with Gasteiger partial charge in [0.05, 0.1) is 23.5 Å². The van der Waals surface area contributed by atoms with Gasteiger partial charge in [-0.05, 0) is 30.9 Å². The minimum atomic E-state index is -5.03. The Kier molecular flexibility index (Phi) is 4.65. The molecule has 1 aliphatic carbocycles. The Morgan fingerprint density at radius 2 is 1.83 bits per heavy atom. The number of aryl methyl sites for hydroxylation is 1. The summed E-state index contributed by atoms with van der Waals surface area (Å²) in [6.07, 6.45) is -2.83. The summed E-state index contributed by atoms with van der Waals surface area (Å²) >= 11 is 0. The van der Waals surface area contributed by atoms with Crippen molar-refractivity contribution in [1.82, 2.24) is 29.5 Å². The van der Waals surface area contributed by atoms with Crippen molar-refractivity contribution >= 4 is 20.9 Å². The fourth-order valence-electron chi connectivity index (χ4n) is 5.13. The van der Waals surface area contributed by atoms with Gasteiger partial charge in [0, 0.05) is 24.4 Å². The first kappa shape index (κ1) is 23.0. The third-order valence-electron chi connectivity index (χ3n) is 6.64. The standard InChI is InChI=1S/C21H15F5N6O3S/c1-9-30-31-19(35-9)20-4-10(5-20)8-32(20)36(33,34)15-2-12-16(18-27-6-11(22)7-28-18)13(21(24,25)26)3-14(23)17(12)29-15/h2-3,6-7,10,29H,4-5,8H2,1H3. The first-order valence-corrected chi connectivity index (χ1v) is 12.1. The Bertz CT molecular complexity index is 1620. The summed E-state index contributed by atoms with van der Waals surface area (Å²) in [5, 5.41) is 6.82. The molecule has 1 aromatic carbocycles. The number of nitrogens with zero attached hydrogens (tertiary/aromatic N) is 5. The molecule has 1 N–H and O–H groups in total. The van der Waals surface area contributed by atoms with Crippen LogP contribution in [0.1, 0.15) is 30.2 Å². The van der Waals surface area contributed by atoms with Crippen molar-refractivity contribution in [3.63, 3.8) is 0 Å². The Labute approximate surface area is 199 Å². The van der Waals surface area contributed by atoms with Gasteiger partial charge in [-0.25, -0.2) is 27.2 Å². The van der Waals surface area contributed by atoms with Gasteiger partial charge in [-0.3, -0.25) is 0 Å². The van der Waals surface area contributed by atoms with E-state index in [9.17, 15) is 30.4 Å². The van der Waals surface area contributed by atoms with Gasteiger partial charge < -0.3 is 9.40 Å². The number of alkyl halides is 3. The summed E-state index contributed by atoms with van der Waals surface area (Å²) in [5.41, 5.74) is -3.67. The van der Waals surface area contributed by atoms with E-state index in [2.05, 4.69) is 25.1 Å². The third kappa shape index (κ3) is 3.18. The smallest absolute Gasteiger partial charge is 0.417 e. The van der Waals surface area contributed by atoms with Gasteiger partial charge in [-0.1, -0.05) is 0 Å². The molecule has 0 amide bonds. The maximum atomic E-state index is 14.9. The number of H-pyrrole nitrogens is 1. The highest BCUT2D eigenvalue weighted by Crippen LogP contribution is 2.58. The molecule has 0 radical (unpaired) electrons. The molecule has 15 heteroatoms. The predicted octanol–water partition coefficient (Wildman–Crippen LogP) is 3.92. The molecule has 4 aromatic rings. The molecule has 7 rings (SSSR count). The van der Waals surface area contributed by atoms with Crippen LogP contribution in [-0.4, -0.2) is 44.4 Å². The number of hydrogen-bond acceptors (Lipinski definition) is 7. The van der Waals surface area contributed by atoms with Crippen molar-refractivity contribution in [2.75, 3.05) is 6.54 Å². The van der Waals surface area contributed by atoms with Crippen LogP contribution in [-0.2, 0) is 21.7 Å². The van der Waals surface area contributed by atoms with Gasteiger partial charge in [0.15, 0.2) is 11.6 Å². The van der Waals surface area contributed by atoms with Crippen LogP contribution in [0.4, 0.5) is 22.0 Å². The highest BCUT2D eigenvalue weighted by molar-refractivity contribution is 7.89. The zero-order valence-electron chi connectivity index (χ0n) is 18.3. The van der Waals surface area contributed by atoms with Crippen molar-refractivity contribution in [1.29, 1.82) is 0 Å². The zero-order chi connectivity index (χ0) is 25.6. The second kappa shape index (κ2) is 7.29. The van der Waals surface area contributed by atoms with E-state index in [0.29, 0.717) is 25.2 Å². The van der Waals surface area contributed by atoms with E-state index >= 15 is 0 Å². The van der Waals surface area contributed by atoms with Crippen molar-refractivity contribution in [2.45, 2.75) is 36.5 Å². The first-order chi connectivity index (χ1) is 16.9. The summed E-state index contributed by atoms with van der Waals surface area (Å²) in [4.78, 5) is 9.65. The predicted molar refractivity (Wildman–Crippen MR) is 112 cm³/mol. The Balaban J connectivity index is 1.54. The van der Waals surface area contributed by atoms with E-state index in [4.69, 9.17) is 4.42 Å². The van der Waals surface area contributed by atoms with Crippen LogP contribution in [0.5, 0.6) is 0 Å². The van der Waals surface area contributed by atoms with Gasteiger partial charge >= 0.3 is 6.18 Å². The highest BCUT2D eigenvalue weighted by Gasteiger charge is 2.64. The molecule has 3 fully saturated rings. The first-order valence-electron chi connectivity index (χ1n) is 10.6. The van der Waals surface area contributed by atoms with Crippen LogP contribution in [0, 0.1) is 24.5 Å². The largest absolute Gasteiger partial charge is 0.424 e. The molecule has 188 valence electrons. The lowest BCUT2D eigenvalue weighted by molar-refractivity contribution is -0.137. The number of halogens is 5. The van der Waals surface area contributed by atoms with E-state index in [-0.39, 0.29) is 30.3 Å². The number of benzene rings is 1. The molecule has 0 atom stereocenters. The molecule has 36 heavy (non-hydrogen) atoms. The van der Waals surface area contributed by atoms with Crippen LogP contribution in [0.25, 0.3) is 22.3 Å². The Morgan fingerprint density at radius 1 is 1.14 bits per heavy atom. The number of fused-ring (bicyclic) bond motifs is 2. The topological polar surface area (TPSA) is 118 Å². The fraction of sp³-hybridized carbons (Fsp3) is 0.333. The minimum Gasteiger partial charge on any atom is -0.424 e. The fourth-order valence-corrected chi connectivity index (χ4v) is 6.96. The van der Waals surface area contributed by atoms with Crippen LogP contribution in [0.15, 0.2) is 34.0 Å². The molecule has 5 heterocycles. The summed E-state index contributed by atoms with van der Waals surface area (Å²) in [5.74, 6) is -2.34. The monoisotopic (exact) mass is 526 g/mol. The molecular weight excluding hydrogens is 511 g/mol. The molecule has 0 spiro atoms. The van der Waals surface area contributed by atoms with Crippen LogP contribution in [0.3, 0.4) is 0 Å². The van der Waals surface area contributed by atoms with Crippen LogP contribution >= 0.6 is 0 Å². The van der Waals surface area contributed by atoms with E-state index in [1.807, 2.05) is 0 Å². The number of aromatic nitrogens is 5. The van der Waals surface area contributed by atoms with E-state index < -0.39 is 66.3 Å². The van der Waals surface area contributed by atoms with Crippen LogP contribution < -0.4 is 0 Å². The van der Waals surface area contributed by atoms with Gasteiger partial charge in [0.25, 0.3) is 10.0 Å². The van der Waals surface area contributed by atoms with Gasteiger partial charge in [0.1, 0.15) is 16.4 Å². The van der Waals surface area contributed by atoms with Crippen molar-refractivity contribution in [2.24, 2.45) is 5.92 Å². The Morgan fingerprint density at radius 3 is 2.44 bits per heavy atom. The number of aromatic amines is 1. The summed E-state index contributed by atoms with van der Waals surface area (Å²) in [7, 11) is -4.37.